The highest BCUT2D eigenvalue weighted by Crippen LogP contribution is 2.16. The van der Waals surface area contributed by atoms with Crippen LogP contribution in [0.2, 0.25) is 0 Å². The molecule has 2 heterocycles. The first-order chi connectivity index (χ1) is 9.81. The molecule has 1 amide bonds. The number of piperidine rings is 1. The summed E-state index contributed by atoms with van der Waals surface area (Å²) < 4.78 is 7.03. The van der Waals surface area contributed by atoms with Gasteiger partial charge in [0.05, 0.1) is 12.2 Å². The van der Waals surface area contributed by atoms with E-state index in [1.807, 2.05) is 11.6 Å². The normalized spacial score (nSPS) is 16.2. The third-order valence-electron chi connectivity index (χ3n) is 3.38. The number of hydrogen-bond donors (Lipinski definition) is 2. The Labute approximate surface area is 119 Å². The molecule has 7 nitrogen and oxygen atoms in total. The number of carbonyl (C=O) groups excluding carboxylic acids is 1. The summed E-state index contributed by atoms with van der Waals surface area (Å²) in [6, 6.07) is 0.350. The summed E-state index contributed by atoms with van der Waals surface area (Å²) in [5.74, 6) is -0.165. The van der Waals surface area contributed by atoms with Gasteiger partial charge in [-0.05, 0) is 39.3 Å². The van der Waals surface area contributed by atoms with Crippen molar-refractivity contribution in [3.8, 4) is 0 Å². The van der Waals surface area contributed by atoms with Gasteiger partial charge in [0.2, 0.25) is 0 Å². The van der Waals surface area contributed by atoms with E-state index in [4.69, 9.17) is 4.74 Å². The molecular formula is C13H23N5O2. The molecular weight excluding hydrogens is 258 g/mol. The summed E-state index contributed by atoms with van der Waals surface area (Å²) in [6.07, 6.45) is 4.60. The monoisotopic (exact) mass is 281 g/mol. The lowest BCUT2D eigenvalue weighted by Gasteiger charge is -2.22. The highest BCUT2D eigenvalue weighted by Gasteiger charge is 2.18. The second-order valence-corrected chi connectivity index (χ2v) is 4.87. The number of nitrogens with zero attached hydrogens (tertiary/aromatic N) is 3. The van der Waals surface area contributed by atoms with Crippen LogP contribution in [0.25, 0.3) is 0 Å². The van der Waals surface area contributed by atoms with E-state index in [0.29, 0.717) is 31.5 Å². The summed E-state index contributed by atoms with van der Waals surface area (Å²) >= 11 is 0. The van der Waals surface area contributed by atoms with Crippen molar-refractivity contribution < 1.29 is 9.53 Å². The lowest BCUT2D eigenvalue weighted by Crippen LogP contribution is -2.29. The Morgan fingerprint density at radius 2 is 2.35 bits per heavy atom. The maximum absolute atomic E-state index is 11.9. The average molecular weight is 281 g/mol. The van der Waals surface area contributed by atoms with E-state index in [2.05, 4.69) is 20.9 Å². The van der Waals surface area contributed by atoms with Crippen molar-refractivity contribution in [1.82, 2.24) is 25.6 Å². The first-order valence-corrected chi connectivity index (χ1v) is 7.29. The van der Waals surface area contributed by atoms with Crippen LogP contribution in [0.4, 0.5) is 0 Å². The molecule has 2 N–H and O–H groups in total. The van der Waals surface area contributed by atoms with Crippen LogP contribution in [0.15, 0.2) is 6.20 Å². The van der Waals surface area contributed by atoms with Crippen molar-refractivity contribution in [1.29, 1.82) is 0 Å². The minimum Gasteiger partial charge on any atom is -0.382 e. The molecule has 1 aliphatic rings. The van der Waals surface area contributed by atoms with E-state index in [1.165, 1.54) is 0 Å². The minimum absolute atomic E-state index is 0.165. The van der Waals surface area contributed by atoms with Gasteiger partial charge in [0, 0.05) is 19.8 Å². The third-order valence-corrected chi connectivity index (χ3v) is 3.38. The lowest BCUT2D eigenvalue weighted by molar-refractivity contribution is 0.0939. The summed E-state index contributed by atoms with van der Waals surface area (Å²) in [7, 11) is 0. The molecule has 1 fully saturated rings. The fraction of sp³-hybridized carbons (Fsp3) is 0.769. The van der Waals surface area contributed by atoms with Gasteiger partial charge in [-0.3, -0.25) is 4.79 Å². The summed E-state index contributed by atoms with van der Waals surface area (Å²) in [4.78, 5) is 11.9. The van der Waals surface area contributed by atoms with Crippen LogP contribution in [0.1, 0.15) is 42.7 Å². The van der Waals surface area contributed by atoms with Crippen LogP contribution in [-0.2, 0) is 4.74 Å². The first-order valence-electron chi connectivity index (χ1n) is 7.29. The summed E-state index contributed by atoms with van der Waals surface area (Å²) in [5, 5.41) is 14.2. The molecule has 1 aliphatic heterocycles. The maximum atomic E-state index is 11.9. The first kappa shape index (κ1) is 14.9. The summed E-state index contributed by atoms with van der Waals surface area (Å²) in [6.45, 7) is 5.90. The van der Waals surface area contributed by atoms with E-state index < -0.39 is 0 Å². The van der Waals surface area contributed by atoms with Gasteiger partial charge >= 0.3 is 0 Å². The molecule has 0 unspecified atom stereocenters. The number of rotatable bonds is 7. The number of nitrogens with one attached hydrogen (secondary N) is 2. The van der Waals surface area contributed by atoms with E-state index in [1.54, 1.807) is 6.20 Å². The van der Waals surface area contributed by atoms with Gasteiger partial charge < -0.3 is 15.4 Å². The Morgan fingerprint density at radius 3 is 3.10 bits per heavy atom. The van der Waals surface area contributed by atoms with E-state index in [0.717, 1.165) is 32.4 Å². The van der Waals surface area contributed by atoms with Crippen molar-refractivity contribution >= 4 is 5.91 Å². The molecule has 1 saturated heterocycles. The minimum atomic E-state index is -0.165. The Hall–Kier alpha value is -1.47. The number of amides is 1. The van der Waals surface area contributed by atoms with Crippen molar-refractivity contribution in [2.45, 2.75) is 32.2 Å². The van der Waals surface area contributed by atoms with E-state index in [9.17, 15) is 4.79 Å². The number of ether oxygens (including phenoxy) is 1. The summed E-state index contributed by atoms with van der Waals surface area (Å²) in [5.41, 5.74) is 0.389. The van der Waals surface area contributed by atoms with Gasteiger partial charge in [0.1, 0.15) is 0 Å². The van der Waals surface area contributed by atoms with Crippen molar-refractivity contribution in [3.63, 3.8) is 0 Å². The standard InChI is InChI=1S/C13H23N5O2/c1-2-20-9-3-6-15-13(19)12-10-18(17-16-12)11-4-7-14-8-5-11/h10-11,14H,2-9H2,1H3,(H,15,19). The van der Waals surface area contributed by atoms with Crippen molar-refractivity contribution in [2.24, 2.45) is 0 Å². The van der Waals surface area contributed by atoms with Crippen LogP contribution in [-0.4, -0.2) is 53.7 Å². The molecule has 7 heteroatoms. The molecule has 112 valence electrons. The Balaban J connectivity index is 1.77. The highest BCUT2D eigenvalue weighted by molar-refractivity contribution is 5.91. The molecule has 0 aliphatic carbocycles. The second kappa shape index (κ2) is 7.96. The fourth-order valence-corrected chi connectivity index (χ4v) is 2.24. The average Bonchev–Trinajstić information content (AvgIpc) is 2.98. The second-order valence-electron chi connectivity index (χ2n) is 4.87. The zero-order valence-electron chi connectivity index (χ0n) is 12.0. The van der Waals surface area contributed by atoms with Crippen LogP contribution < -0.4 is 10.6 Å². The molecule has 0 spiro atoms. The number of carbonyl (C=O) groups is 1. The molecule has 20 heavy (non-hydrogen) atoms. The van der Waals surface area contributed by atoms with Crippen LogP contribution in [0, 0.1) is 0 Å². The van der Waals surface area contributed by atoms with Crippen molar-refractivity contribution in [3.05, 3.63) is 11.9 Å². The topological polar surface area (TPSA) is 81.1 Å². The molecule has 2 rings (SSSR count). The third kappa shape index (κ3) is 4.28. The molecule has 0 bridgehead atoms. The van der Waals surface area contributed by atoms with Gasteiger partial charge in [0.25, 0.3) is 5.91 Å². The number of hydrogen-bond acceptors (Lipinski definition) is 5. The highest BCUT2D eigenvalue weighted by atomic mass is 16.5. The van der Waals surface area contributed by atoms with Gasteiger partial charge in [0.15, 0.2) is 5.69 Å². The van der Waals surface area contributed by atoms with Gasteiger partial charge in [-0.15, -0.1) is 5.10 Å². The smallest absolute Gasteiger partial charge is 0.273 e. The van der Waals surface area contributed by atoms with E-state index >= 15 is 0 Å². The quantitative estimate of drug-likeness (QED) is 0.705. The predicted octanol–water partition coefficient (Wildman–Crippen LogP) is 0.359. The zero-order valence-corrected chi connectivity index (χ0v) is 12.0. The van der Waals surface area contributed by atoms with E-state index in [-0.39, 0.29) is 5.91 Å². The van der Waals surface area contributed by atoms with Crippen LogP contribution in [0.5, 0.6) is 0 Å². The van der Waals surface area contributed by atoms with Gasteiger partial charge in [-0.1, -0.05) is 5.21 Å². The predicted molar refractivity (Wildman–Crippen MR) is 74.6 cm³/mol. The molecule has 0 radical (unpaired) electrons. The van der Waals surface area contributed by atoms with Crippen LogP contribution >= 0.6 is 0 Å². The number of aromatic nitrogens is 3. The molecule has 0 saturated carbocycles. The zero-order chi connectivity index (χ0) is 14.2. The largest absolute Gasteiger partial charge is 0.382 e. The van der Waals surface area contributed by atoms with Crippen LogP contribution in [0.3, 0.4) is 0 Å². The molecule has 1 aromatic rings. The van der Waals surface area contributed by atoms with Gasteiger partial charge in [-0.25, -0.2) is 4.68 Å². The SMILES string of the molecule is CCOCCCNC(=O)c1cn(C2CCNCC2)nn1. The van der Waals surface area contributed by atoms with Crippen molar-refractivity contribution in [2.75, 3.05) is 32.8 Å². The molecule has 0 atom stereocenters. The Morgan fingerprint density at radius 1 is 1.55 bits per heavy atom. The maximum Gasteiger partial charge on any atom is 0.273 e. The fourth-order valence-electron chi connectivity index (χ4n) is 2.24. The molecule has 0 aromatic carbocycles. The van der Waals surface area contributed by atoms with Gasteiger partial charge in [-0.2, -0.15) is 0 Å². The molecule has 1 aromatic heterocycles. The Kier molecular flexibility index (Phi) is 5.94. The Bertz CT molecular complexity index is 415. The lowest BCUT2D eigenvalue weighted by atomic mass is 10.1.